The average molecular weight is 285 g/mol. The summed E-state index contributed by atoms with van der Waals surface area (Å²) in [5, 5.41) is 0. The topological polar surface area (TPSA) is 35.5 Å². The Bertz CT molecular complexity index is 415. The van der Waals surface area contributed by atoms with Crippen LogP contribution in [0.1, 0.15) is 17.5 Å². The van der Waals surface area contributed by atoms with E-state index in [0.29, 0.717) is 19.6 Å². The lowest BCUT2D eigenvalue weighted by molar-refractivity contribution is -0.107. The summed E-state index contributed by atoms with van der Waals surface area (Å²) in [6.07, 6.45) is 2.19. The highest BCUT2D eigenvalue weighted by Crippen LogP contribution is 2.41. The van der Waals surface area contributed by atoms with Gasteiger partial charge >= 0.3 is 0 Å². The molecule has 3 nitrogen and oxygen atoms in total. The fraction of sp³-hybridized carbons (Fsp3) is 0.417. The molecule has 0 N–H and O–H groups in total. The van der Waals surface area contributed by atoms with E-state index in [1.165, 1.54) is 0 Å². The Morgan fingerprint density at radius 3 is 2.94 bits per heavy atom. The first-order chi connectivity index (χ1) is 7.74. The van der Waals surface area contributed by atoms with Gasteiger partial charge in [0.1, 0.15) is 19.5 Å². The molecule has 1 aromatic rings. The molecule has 16 heavy (non-hydrogen) atoms. The van der Waals surface area contributed by atoms with E-state index in [1.54, 1.807) is 0 Å². The minimum atomic E-state index is 0.527. The maximum absolute atomic E-state index is 10.4. The van der Waals surface area contributed by atoms with E-state index in [2.05, 4.69) is 15.9 Å². The summed E-state index contributed by atoms with van der Waals surface area (Å²) in [5.74, 6) is 1.54. The van der Waals surface area contributed by atoms with Crippen molar-refractivity contribution in [2.24, 2.45) is 0 Å². The van der Waals surface area contributed by atoms with Crippen molar-refractivity contribution >= 4 is 22.2 Å². The highest BCUT2D eigenvalue weighted by molar-refractivity contribution is 9.10. The number of hydrogen-bond acceptors (Lipinski definition) is 3. The van der Waals surface area contributed by atoms with Gasteiger partial charge in [0.2, 0.25) is 0 Å². The first-order valence-electron chi connectivity index (χ1n) is 5.25. The van der Waals surface area contributed by atoms with E-state index in [0.717, 1.165) is 39.8 Å². The Morgan fingerprint density at radius 2 is 2.19 bits per heavy atom. The van der Waals surface area contributed by atoms with Gasteiger partial charge < -0.3 is 14.3 Å². The van der Waals surface area contributed by atoms with Crippen LogP contribution < -0.4 is 9.47 Å². The summed E-state index contributed by atoms with van der Waals surface area (Å²) in [4.78, 5) is 10.4. The van der Waals surface area contributed by atoms with Gasteiger partial charge in [0.15, 0.2) is 11.5 Å². The number of halogens is 1. The quantitative estimate of drug-likeness (QED) is 0.801. The predicted octanol–water partition coefficient (Wildman–Crippen LogP) is 2.66. The minimum absolute atomic E-state index is 0.527. The van der Waals surface area contributed by atoms with Gasteiger partial charge in [-0.05, 0) is 46.5 Å². The van der Waals surface area contributed by atoms with Crippen LogP contribution in [-0.2, 0) is 11.2 Å². The standard InChI is InChI=1S/C12H13BrO3/c1-8-7-10-12(16-6-5-15-10)11(13)9(8)3-2-4-14/h4,7H,2-3,5-6H2,1H3. The zero-order valence-corrected chi connectivity index (χ0v) is 10.7. The molecule has 4 heteroatoms. The maximum atomic E-state index is 10.4. The molecule has 0 atom stereocenters. The first-order valence-corrected chi connectivity index (χ1v) is 6.04. The van der Waals surface area contributed by atoms with E-state index >= 15 is 0 Å². The second-order valence-corrected chi connectivity index (χ2v) is 4.51. The summed E-state index contributed by atoms with van der Waals surface area (Å²) < 4.78 is 12.0. The molecule has 0 aromatic heterocycles. The predicted molar refractivity (Wildman–Crippen MR) is 64.3 cm³/mol. The Hall–Kier alpha value is -1.03. The van der Waals surface area contributed by atoms with Crippen LogP contribution >= 0.6 is 15.9 Å². The van der Waals surface area contributed by atoms with Gasteiger partial charge in [-0.3, -0.25) is 0 Å². The van der Waals surface area contributed by atoms with Crippen molar-refractivity contribution < 1.29 is 14.3 Å². The average Bonchev–Trinajstić information content (AvgIpc) is 2.29. The third kappa shape index (κ3) is 2.07. The number of ether oxygens (including phenoxy) is 2. The SMILES string of the molecule is Cc1cc2c(c(Br)c1CCC=O)OCCO2. The molecule has 0 aliphatic carbocycles. The van der Waals surface area contributed by atoms with Gasteiger partial charge in [-0.25, -0.2) is 0 Å². The molecular formula is C12H13BrO3. The van der Waals surface area contributed by atoms with Crippen molar-refractivity contribution in [1.29, 1.82) is 0 Å². The molecule has 1 heterocycles. The number of aryl methyl sites for hydroxylation is 1. The molecular weight excluding hydrogens is 272 g/mol. The zero-order chi connectivity index (χ0) is 11.5. The zero-order valence-electron chi connectivity index (χ0n) is 9.09. The molecule has 0 spiro atoms. The maximum Gasteiger partial charge on any atom is 0.175 e. The second-order valence-electron chi connectivity index (χ2n) is 3.72. The molecule has 0 unspecified atom stereocenters. The van der Waals surface area contributed by atoms with Crippen LogP contribution in [0.4, 0.5) is 0 Å². The number of carbonyl (C=O) groups excluding carboxylic acids is 1. The summed E-state index contributed by atoms with van der Waals surface area (Å²) in [6, 6.07) is 1.97. The molecule has 1 aliphatic heterocycles. The minimum Gasteiger partial charge on any atom is -0.486 e. The fourth-order valence-electron chi connectivity index (χ4n) is 1.81. The highest BCUT2D eigenvalue weighted by atomic mass is 79.9. The van der Waals surface area contributed by atoms with Gasteiger partial charge in [0, 0.05) is 6.42 Å². The number of aldehydes is 1. The van der Waals surface area contributed by atoms with Crippen molar-refractivity contribution in [3.8, 4) is 11.5 Å². The molecule has 1 aliphatic rings. The lowest BCUT2D eigenvalue weighted by Gasteiger charge is -2.22. The highest BCUT2D eigenvalue weighted by Gasteiger charge is 2.19. The van der Waals surface area contributed by atoms with E-state index < -0.39 is 0 Å². The van der Waals surface area contributed by atoms with Crippen LogP contribution in [0.5, 0.6) is 11.5 Å². The third-order valence-corrected chi connectivity index (χ3v) is 3.45. The lowest BCUT2D eigenvalue weighted by Crippen LogP contribution is -2.16. The molecule has 1 aromatic carbocycles. The fourth-order valence-corrected chi connectivity index (χ4v) is 2.64. The van der Waals surface area contributed by atoms with Crippen LogP contribution in [0.3, 0.4) is 0 Å². The molecule has 0 bridgehead atoms. The van der Waals surface area contributed by atoms with E-state index in [9.17, 15) is 4.79 Å². The summed E-state index contributed by atoms with van der Waals surface area (Å²) in [7, 11) is 0. The van der Waals surface area contributed by atoms with Crippen LogP contribution in [0, 0.1) is 6.92 Å². The van der Waals surface area contributed by atoms with Gasteiger partial charge in [0.25, 0.3) is 0 Å². The van der Waals surface area contributed by atoms with Crippen molar-refractivity contribution in [1.82, 2.24) is 0 Å². The normalized spacial score (nSPS) is 13.6. The van der Waals surface area contributed by atoms with Crippen molar-refractivity contribution in [2.45, 2.75) is 19.8 Å². The molecule has 86 valence electrons. The Kier molecular flexibility index (Phi) is 3.49. The molecule has 0 saturated heterocycles. The first kappa shape index (κ1) is 11.5. The van der Waals surface area contributed by atoms with Crippen LogP contribution in [0.25, 0.3) is 0 Å². The number of benzene rings is 1. The van der Waals surface area contributed by atoms with Gasteiger partial charge in [-0.15, -0.1) is 0 Å². The summed E-state index contributed by atoms with van der Waals surface area (Å²) >= 11 is 3.53. The van der Waals surface area contributed by atoms with E-state index in [4.69, 9.17) is 9.47 Å². The van der Waals surface area contributed by atoms with E-state index in [1.807, 2.05) is 13.0 Å². The van der Waals surface area contributed by atoms with E-state index in [-0.39, 0.29) is 0 Å². The monoisotopic (exact) mass is 284 g/mol. The molecule has 0 fully saturated rings. The molecule has 0 radical (unpaired) electrons. The summed E-state index contributed by atoms with van der Waals surface area (Å²) in [5.41, 5.74) is 2.24. The summed E-state index contributed by atoms with van der Waals surface area (Å²) in [6.45, 7) is 3.18. The lowest BCUT2D eigenvalue weighted by atomic mass is 10.0. The molecule has 2 rings (SSSR count). The van der Waals surface area contributed by atoms with Gasteiger partial charge in [-0.1, -0.05) is 0 Å². The van der Waals surface area contributed by atoms with Crippen LogP contribution in [-0.4, -0.2) is 19.5 Å². The van der Waals surface area contributed by atoms with Gasteiger partial charge in [-0.2, -0.15) is 0 Å². The van der Waals surface area contributed by atoms with Crippen molar-refractivity contribution in [3.05, 3.63) is 21.7 Å². The smallest absolute Gasteiger partial charge is 0.175 e. The number of hydrogen-bond donors (Lipinski definition) is 0. The van der Waals surface area contributed by atoms with Gasteiger partial charge in [0.05, 0.1) is 4.47 Å². The van der Waals surface area contributed by atoms with Crippen molar-refractivity contribution in [3.63, 3.8) is 0 Å². The Balaban J connectivity index is 2.41. The van der Waals surface area contributed by atoms with Crippen molar-refractivity contribution in [2.75, 3.05) is 13.2 Å². The van der Waals surface area contributed by atoms with Crippen LogP contribution in [0.2, 0.25) is 0 Å². The largest absolute Gasteiger partial charge is 0.486 e. The van der Waals surface area contributed by atoms with Crippen LogP contribution in [0.15, 0.2) is 10.5 Å². The number of carbonyl (C=O) groups is 1. The Morgan fingerprint density at radius 1 is 1.44 bits per heavy atom. The number of fused-ring (bicyclic) bond motifs is 1. The molecule has 0 amide bonds. The Labute approximate surface area is 103 Å². The molecule has 0 saturated carbocycles. The second kappa shape index (κ2) is 4.87. The number of rotatable bonds is 3. The third-order valence-electron chi connectivity index (χ3n) is 2.61.